The van der Waals surface area contributed by atoms with Crippen LogP contribution in [0.3, 0.4) is 0 Å². The zero-order valence-corrected chi connectivity index (χ0v) is 37.1. The molecule has 8 aromatic rings. The van der Waals surface area contributed by atoms with Crippen LogP contribution in [-0.4, -0.2) is 18.3 Å². The number of para-hydroxylation sites is 2. The van der Waals surface area contributed by atoms with E-state index in [-0.39, 0.29) is 17.1 Å². The van der Waals surface area contributed by atoms with Crippen LogP contribution in [0.5, 0.6) is 0 Å². The van der Waals surface area contributed by atoms with Crippen LogP contribution in [0.1, 0.15) is 0 Å². The van der Waals surface area contributed by atoms with Crippen LogP contribution in [0.15, 0.2) is 106 Å². The second-order valence-electron chi connectivity index (χ2n) is 10.6. The maximum Gasteiger partial charge on any atom is 0.419 e. The van der Waals surface area contributed by atoms with Gasteiger partial charge in [-0.05, 0) is 36.4 Å². The van der Waals surface area contributed by atoms with Crippen LogP contribution < -0.4 is 23.0 Å². The number of rotatable bonds is 2. The monoisotopic (exact) mass is 1120 g/mol. The molecule has 0 radical (unpaired) electrons. The number of aromatic nitrogens is 4. The molecule has 0 saturated heterocycles. The van der Waals surface area contributed by atoms with Gasteiger partial charge >= 0.3 is 23.0 Å². The molecular formula is C32H22Br6FeN4O8. The average molecular weight is 1130 g/mol. The van der Waals surface area contributed by atoms with Crippen LogP contribution in [0, 0.1) is 0 Å². The van der Waals surface area contributed by atoms with Crippen molar-refractivity contribution in [2.75, 3.05) is 0 Å². The van der Waals surface area contributed by atoms with Gasteiger partial charge in [0.25, 0.3) is 0 Å². The van der Waals surface area contributed by atoms with Gasteiger partial charge in [-0.1, -0.05) is 56.1 Å². The number of hydrogen-bond donors (Lipinski definition) is 0. The molecule has 4 aromatic carbocycles. The van der Waals surface area contributed by atoms with Gasteiger partial charge in [-0.15, -0.1) is 0 Å². The molecule has 4 aromatic heterocycles. The Hall–Kier alpha value is -2.64. The number of hydrogen-bond acceptors (Lipinski definition) is 8. The Morgan fingerprint density at radius 1 is 0.431 bits per heavy atom. The summed E-state index contributed by atoms with van der Waals surface area (Å²) in [5.74, 6) is -1.77. The summed E-state index contributed by atoms with van der Waals surface area (Å²) >= 11 is 18.0. The number of nitrogens with zero attached hydrogens (tertiary/aromatic N) is 4. The van der Waals surface area contributed by atoms with Gasteiger partial charge in [0.2, 0.25) is 0 Å². The van der Waals surface area contributed by atoms with Gasteiger partial charge in [-0.2, -0.15) is 0 Å². The van der Waals surface area contributed by atoms with E-state index in [1.165, 1.54) is 18.3 Å². The first-order valence-electron chi connectivity index (χ1n) is 14.0. The van der Waals surface area contributed by atoms with E-state index in [1.54, 1.807) is 40.3 Å². The molecule has 0 fully saturated rings. The Labute approximate surface area is 344 Å². The molecule has 0 aliphatic heterocycles. The average Bonchev–Trinajstić information content (AvgIpc) is 3.79. The fraction of sp³-hybridized carbons (Fsp3) is 0.125. The predicted molar refractivity (Wildman–Crippen MR) is 215 cm³/mol. The molecule has 8 rings (SSSR count). The Morgan fingerprint density at radius 2 is 0.706 bits per heavy atom. The molecule has 19 heteroatoms. The van der Waals surface area contributed by atoms with Crippen molar-refractivity contribution < 1.29 is 34.7 Å². The van der Waals surface area contributed by atoms with E-state index in [1.807, 2.05) is 48.5 Å². The van der Waals surface area contributed by atoms with Crippen LogP contribution in [0.2, 0.25) is 0 Å². The Bertz CT molecular complexity index is 2600. The van der Waals surface area contributed by atoms with Crippen LogP contribution in [-0.2, 0) is 45.3 Å². The molecule has 0 aliphatic carbocycles. The molecule has 0 aliphatic rings. The van der Waals surface area contributed by atoms with Crippen molar-refractivity contribution in [1.82, 2.24) is 18.3 Å². The van der Waals surface area contributed by atoms with Crippen molar-refractivity contribution in [3.8, 4) is 22.3 Å². The van der Waals surface area contributed by atoms with Gasteiger partial charge in [-0.25, -0.2) is 19.2 Å². The van der Waals surface area contributed by atoms with Crippen LogP contribution in [0.25, 0.3) is 66.7 Å². The van der Waals surface area contributed by atoms with E-state index in [9.17, 15) is 19.2 Å². The smallest absolute Gasteiger partial charge is 0.407 e. The third-order valence-electron chi connectivity index (χ3n) is 8.00. The molecule has 0 bridgehead atoms. The van der Waals surface area contributed by atoms with E-state index in [0.717, 1.165) is 20.1 Å². The molecule has 0 amide bonds. The molecule has 0 N–H and O–H groups in total. The van der Waals surface area contributed by atoms with Gasteiger partial charge in [0.05, 0.1) is 22.1 Å². The quantitative estimate of drug-likeness (QED) is 0.156. The summed E-state index contributed by atoms with van der Waals surface area (Å²) in [6.45, 7) is 0. The van der Waals surface area contributed by atoms with E-state index >= 15 is 0 Å². The summed E-state index contributed by atoms with van der Waals surface area (Å²) in [6, 6.07) is 18.2. The molecule has 0 spiro atoms. The third kappa shape index (κ3) is 7.32. The van der Waals surface area contributed by atoms with Gasteiger partial charge < -0.3 is 17.7 Å². The van der Waals surface area contributed by atoms with Crippen molar-refractivity contribution in [2.45, 2.75) is 0 Å². The van der Waals surface area contributed by atoms with Crippen LogP contribution in [0.4, 0.5) is 0 Å². The zero-order chi connectivity index (χ0) is 36.6. The maximum absolute atomic E-state index is 11.9. The predicted octanol–water partition coefficient (Wildman–Crippen LogP) is 9.39. The van der Waals surface area contributed by atoms with Gasteiger partial charge in [0, 0.05) is 133 Å². The molecule has 268 valence electrons. The normalized spacial score (nSPS) is 10.7. The maximum atomic E-state index is 11.9. The fourth-order valence-electron chi connectivity index (χ4n) is 5.53. The molecule has 0 unspecified atom stereocenters. The molecule has 4 heterocycles. The summed E-state index contributed by atoms with van der Waals surface area (Å²) in [5, 5.41) is 0. The second kappa shape index (κ2) is 17.0. The van der Waals surface area contributed by atoms with E-state index < -0.39 is 23.0 Å². The second-order valence-corrected chi connectivity index (χ2v) is 12.3. The molecule has 51 heavy (non-hydrogen) atoms. The van der Waals surface area contributed by atoms with E-state index in [2.05, 4.69) is 88.4 Å². The summed E-state index contributed by atoms with van der Waals surface area (Å²) in [5.41, 5.74) is 7.24. The van der Waals surface area contributed by atoms with Crippen molar-refractivity contribution in [1.29, 1.82) is 0 Å². The zero-order valence-electron chi connectivity index (χ0n) is 26.4. The molecule has 0 saturated carbocycles. The first-order valence-corrected chi connectivity index (χ1v) is 23.0. The minimum Gasteiger partial charge on any atom is -0.407 e. The fourth-order valence-corrected chi connectivity index (χ4v) is 6.55. The minimum atomic E-state index is -0.456. The van der Waals surface area contributed by atoms with Gasteiger partial charge in [0.15, 0.2) is 22.3 Å². The first kappa shape index (κ1) is 41.1. The van der Waals surface area contributed by atoms with Gasteiger partial charge in [0.1, 0.15) is 0 Å². The van der Waals surface area contributed by atoms with Gasteiger partial charge in [-0.3, -0.25) is 18.3 Å². The SMILES string of the molecule is BrBr.BrBr.Cn1c(=O)oc2c(-c3c(Br)ccc4c3oc(=O)n4C)c(Br)ccc21.Cn1c(=O)oc2c(-c3cccc4c3oc(=O)n4C)cccc21.[Fe]. The molecule has 0 atom stereocenters. The van der Waals surface area contributed by atoms with E-state index in [4.69, 9.17) is 17.7 Å². The number of fused-ring (bicyclic) bond motifs is 4. The van der Waals surface area contributed by atoms with Crippen molar-refractivity contribution in [2.24, 2.45) is 28.2 Å². The summed E-state index contributed by atoms with van der Waals surface area (Å²) in [7, 11) is 6.59. The standard InChI is InChI=1S/C16H10Br2N2O4.C16H12N2O4.2Br2.Fe/c1-19-9-5-3-7(17)11(13(9)23-15(19)21)12-8(18)4-6-10-14(12)24-16(22)20(10)2;1-17-11-7-3-5-9(13(11)21-15(17)19)10-6-4-8-12-14(10)22-16(20)18(12)2;2*1-2;/h3-6H,1-2H3;3-8H,1-2H3;;;. The molecular weight excluding hydrogens is 1100 g/mol. The van der Waals surface area contributed by atoms with Crippen molar-refractivity contribution in [3.05, 3.63) is 112 Å². The Balaban J connectivity index is 0.000000206. The third-order valence-corrected chi connectivity index (χ3v) is 9.32. The van der Waals surface area contributed by atoms with Crippen LogP contribution >= 0.6 is 88.4 Å². The van der Waals surface area contributed by atoms with Crippen molar-refractivity contribution >= 4 is 133 Å². The van der Waals surface area contributed by atoms with E-state index in [0.29, 0.717) is 55.5 Å². The topological polar surface area (TPSA) is 141 Å². The first-order chi connectivity index (χ1) is 24.0. The summed E-state index contributed by atoms with van der Waals surface area (Å²) < 4.78 is 28.8. The number of oxazole rings is 4. The Kier molecular flexibility index (Phi) is 13.7. The van der Waals surface area contributed by atoms with Crippen molar-refractivity contribution in [3.63, 3.8) is 0 Å². The number of benzene rings is 4. The number of aryl methyl sites for hydroxylation is 4. The molecule has 12 nitrogen and oxygen atoms in total. The Morgan fingerprint density at radius 3 is 1.02 bits per heavy atom. The summed E-state index contributed by atoms with van der Waals surface area (Å²) in [4.78, 5) is 47.4. The largest absolute Gasteiger partial charge is 0.419 e. The minimum absolute atomic E-state index is 0. The summed E-state index contributed by atoms with van der Waals surface area (Å²) in [6.07, 6.45) is 0. The number of halogens is 6.